The standard InChI is InChI=1S/C48H30N4.2C41H25N5/c1-2-12-43-39(9-1)46(40-22-17-31-8-7-25-51-47(31)48(40)52-43)38-21-16-30-14-19-36-35(18-13-29-15-20-37(38)45(30)44(29)36)32-26-33(41-10-3-5-23-49-41)28-34(27-32)42-11-4-6-24-50-42;1-2-14-37-32(10-1)38(34-16-15-26-9-7-21-44-39(26)41(34)46-37)33-18-17-30(31-11-8-22-45-40(31)33)27-23-28(35-12-3-5-19-42-35)25-29(24-27)36-13-4-6-20-43-36;1-2-12-37-32(9-1)39(33-16-13-26-8-7-21-44-40(26)41(33)46-37)38-18-15-28-22-27(14-17-36(28)45-38)29-23-30(34-10-3-5-19-42-34)25-31(24-29)35-11-4-6-20-43-35/h1-28,44-45H;2*1-25H. The van der Waals surface area contributed by atoms with Gasteiger partial charge in [-0.15, -0.1) is 0 Å². The lowest BCUT2D eigenvalue weighted by Gasteiger charge is -2.42. The molecule has 14 heteroatoms. The number of rotatable bonds is 12. The van der Waals surface area contributed by atoms with E-state index >= 15 is 0 Å². The van der Waals surface area contributed by atoms with Crippen molar-refractivity contribution >= 4 is 131 Å². The van der Waals surface area contributed by atoms with Gasteiger partial charge < -0.3 is 0 Å². The molecule has 0 saturated carbocycles. The number of hydrogen-bond acceptors (Lipinski definition) is 14. The minimum absolute atomic E-state index is 0.190. The van der Waals surface area contributed by atoms with Crippen LogP contribution in [0.3, 0.4) is 0 Å². The molecule has 29 rings (SSSR count). The molecule has 0 bridgehead atoms. The molecule has 0 fully saturated rings. The highest BCUT2D eigenvalue weighted by atomic mass is 14.8. The summed E-state index contributed by atoms with van der Waals surface area (Å²) in [6.45, 7) is 0. The van der Waals surface area contributed by atoms with E-state index in [9.17, 15) is 0 Å². The van der Waals surface area contributed by atoms with Gasteiger partial charge in [0.05, 0.1) is 101 Å². The van der Waals surface area contributed by atoms with Gasteiger partial charge in [0, 0.05) is 189 Å². The Morgan fingerprint density at radius 3 is 1.06 bits per heavy atom. The number of hydrogen-bond donors (Lipinski definition) is 0. The van der Waals surface area contributed by atoms with E-state index in [2.05, 4.69) is 299 Å². The van der Waals surface area contributed by atoms with Crippen LogP contribution in [-0.2, 0) is 0 Å². The molecule has 0 aliphatic heterocycles. The Bertz CT molecular complexity index is 9660. The fourth-order valence-electron chi connectivity index (χ4n) is 21.6. The highest BCUT2D eigenvalue weighted by Crippen LogP contribution is 2.56. The van der Waals surface area contributed by atoms with Crippen molar-refractivity contribution < 1.29 is 0 Å². The Labute approximate surface area is 827 Å². The molecule has 14 nitrogen and oxygen atoms in total. The van der Waals surface area contributed by atoms with Crippen LogP contribution in [0.5, 0.6) is 0 Å². The van der Waals surface area contributed by atoms with Crippen LogP contribution in [0, 0.1) is 11.8 Å². The highest BCUT2D eigenvalue weighted by molar-refractivity contribution is 6.21. The zero-order valence-electron chi connectivity index (χ0n) is 77.4. The number of nitrogens with zero attached hydrogens (tertiary/aromatic N) is 14. The third-order valence-corrected chi connectivity index (χ3v) is 28.2. The molecule has 0 spiro atoms. The lowest BCUT2D eigenvalue weighted by Crippen LogP contribution is -2.30. The first-order valence-corrected chi connectivity index (χ1v) is 48.3. The molecule has 11 aromatic carbocycles. The maximum atomic E-state index is 5.22. The van der Waals surface area contributed by atoms with Gasteiger partial charge in [-0.05, 0) is 249 Å². The van der Waals surface area contributed by atoms with Crippen molar-refractivity contribution in [2.75, 3.05) is 0 Å². The van der Waals surface area contributed by atoms with Crippen LogP contribution < -0.4 is 0 Å². The molecule has 0 saturated heterocycles. The molecule has 670 valence electrons. The Hall–Kier alpha value is -19.4. The third kappa shape index (κ3) is 15.0. The first-order valence-electron chi connectivity index (χ1n) is 48.3. The molecule has 14 heterocycles. The molecule has 0 N–H and O–H groups in total. The molecule has 0 radical (unpaired) electrons. The smallest absolute Gasteiger partial charge is 0.0979 e. The Kier molecular flexibility index (Phi) is 20.7. The topological polar surface area (TPSA) is 180 Å². The zero-order valence-corrected chi connectivity index (χ0v) is 77.4. The van der Waals surface area contributed by atoms with Gasteiger partial charge in [-0.2, -0.15) is 0 Å². The molecular weight excluding hydrogens is 1760 g/mol. The summed E-state index contributed by atoms with van der Waals surface area (Å²) >= 11 is 0. The minimum Gasteiger partial charge on any atom is -0.256 e. The van der Waals surface area contributed by atoms with Crippen molar-refractivity contribution in [2.24, 2.45) is 11.8 Å². The average Bonchev–Trinajstić information content (AvgIpc) is 0.712. The second-order valence-corrected chi connectivity index (χ2v) is 36.5. The lowest BCUT2D eigenvalue weighted by atomic mass is 9.61. The second kappa shape index (κ2) is 35.5. The van der Waals surface area contributed by atoms with E-state index in [4.69, 9.17) is 49.8 Å². The Balaban J connectivity index is 0.000000108. The van der Waals surface area contributed by atoms with E-state index < -0.39 is 0 Å². The van der Waals surface area contributed by atoms with Crippen LogP contribution in [0.2, 0.25) is 0 Å². The summed E-state index contributed by atoms with van der Waals surface area (Å²) in [4.78, 5) is 67.9. The fourth-order valence-corrected chi connectivity index (χ4v) is 21.6. The molecule has 14 aromatic heterocycles. The molecule has 144 heavy (non-hydrogen) atoms. The van der Waals surface area contributed by atoms with Gasteiger partial charge in [-0.3, -0.25) is 49.8 Å². The first-order chi connectivity index (χ1) is 71.4. The maximum absolute atomic E-state index is 5.22. The molecular formula is C130H80N14. The van der Waals surface area contributed by atoms with Crippen LogP contribution in [0.4, 0.5) is 0 Å². The summed E-state index contributed by atoms with van der Waals surface area (Å²) in [7, 11) is 0. The van der Waals surface area contributed by atoms with Gasteiger partial charge in [0.25, 0.3) is 0 Å². The summed E-state index contributed by atoms with van der Waals surface area (Å²) in [5.41, 5.74) is 40.8. The van der Waals surface area contributed by atoms with Gasteiger partial charge in [0.1, 0.15) is 0 Å². The van der Waals surface area contributed by atoms with Crippen LogP contribution in [0.25, 0.3) is 243 Å². The molecule has 4 aliphatic rings. The number of aromatic nitrogens is 14. The number of benzene rings is 11. The van der Waals surface area contributed by atoms with Crippen molar-refractivity contribution in [3.8, 4) is 112 Å². The van der Waals surface area contributed by atoms with Gasteiger partial charge in [-0.1, -0.05) is 225 Å². The summed E-state index contributed by atoms with van der Waals surface area (Å²) in [6, 6.07) is 126. The van der Waals surface area contributed by atoms with Crippen LogP contribution in [0.15, 0.2) is 497 Å². The van der Waals surface area contributed by atoms with Gasteiger partial charge in [-0.25, -0.2) is 19.9 Å². The van der Waals surface area contributed by atoms with Gasteiger partial charge in [0.2, 0.25) is 0 Å². The predicted molar refractivity (Wildman–Crippen MR) is 586 cm³/mol. The quantitative estimate of drug-likeness (QED) is 0.0832. The maximum Gasteiger partial charge on any atom is 0.0979 e. The van der Waals surface area contributed by atoms with E-state index in [0.717, 1.165) is 232 Å². The van der Waals surface area contributed by atoms with E-state index in [0.29, 0.717) is 0 Å². The molecule has 2 unspecified atom stereocenters. The molecule has 4 aliphatic carbocycles. The molecule has 0 amide bonds. The first kappa shape index (κ1) is 83.9. The van der Waals surface area contributed by atoms with Crippen molar-refractivity contribution in [2.45, 2.75) is 0 Å². The minimum atomic E-state index is 0.190. The summed E-state index contributed by atoms with van der Waals surface area (Å²) in [6.07, 6.45) is 37.1. The Morgan fingerprint density at radius 1 is 0.181 bits per heavy atom. The van der Waals surface area contributed by atoms with Crippen LogP contribution >= 0.6 is 0 Å². The lowest BCUT2D eigenvalue weighted by molar-refractivity contribution is 0.569. The largest absolute Gasteiger partial charge is 0.256 e. The molecule has 2 atom stereocenters. The van der Waals surface area contributed by atoms with E-state index in [1.165, 1.54) is 44.6 Å². The van der Waals surface area contributed by atoms with Crippen molar-refractivity contribution in [1.29, 1.82) is 0 Å². The summed E-state index contributed by atoms with van der Waals surface area (Å²) in [5, 5.41) is 11.9. The highest BCUT2D eigenvalue weighted by Gasteiger charge is 2.42. The predicted octanol–water partition coefficient (Wildman–Crippen LogP) is 31.0. The van der Waals surface area contributed by atoms with Crippen LogP contribution in [0.1, 0.15) is 11.1 Å². The SMILES string of the molecule is C1=CC2=C(c3cc(-c4ccccn4)cc(-c4ccccn4)c3)C=CC3=CC=C4C(c5c6ccccc6nc6c5ccc5cccnc56)=CC=C1C4C32.c1ccc(-c2cc(-c3ccc4nc(-c5c6ccccc6nc6c5ccc5cccnc56)ccc4c3)cc(-c3ccccn3)c2)nc1.c1ccc(-c2cc(-c3ccccn3)cc(-c3ccc(-c4c5ccccc5nc5c4ccc4cccnc45)c4ncccc34)c2)nc1. The molecule has 25 aromatic rings. The third-order valence-electron chi connectivity index (χ3n) is 28.2. The second-order valence-electron chi connectivity index (χ2n) is 36.5. The Morgan fingerprint density at radius 2 is 0.562 bits per heavy atom. The monoisotopic (exact) mass is 1840 g/mol. The van der Waals surface area contributed by atoms with Crippen molar-refractivity contribution in [3.05, 3.63) is 508 Å². The number of allylic oxidation sites excluding steroid dienone is 14. The van der Waals surface area contributed by atoms with Crippen LogP contribution in [-0.4, -0.2) is 69.8 Å². The fraction of sp³-hybridized carbons (Fsp3) is 0.0154. The zero-order chi connectivity index (χ0) is 95.1. The normalized spacial score (nSPS) is 14.1. The van der Waals surface area contributed by atoms with Gasteiger partial charge in [0.15, 0.2) is 0 Å². The summed E-state index contributed by atoms with van der Waals surface area (Å²) < 4.78 is 0. The summed E-state index contributed by atoms with van der Waals surface area (Å²) in [5.74, 6) is 0.383. The number of pyridine rings is 14. The number of para-hydroxylation sites is 3. The average molecular weight is 1840 g/mol. The van der Waals surface area contributed by atoms with Gasteiger partial charge >= 0.3 is 0 Å². The van der Waals surface area contributed by atoms with E-state index in [1.54, 1.807) is 0 Å². The van der Waals surface area contributed by atoms with E-state index in [-0.39, 0.29) is 11.8 Å². The number of fused-ring (bicyclic) bond motifs is 14. The van der Waals surface area contributed by atoms with E-state index in [1.807, 2.05) is 195 Å². The van der Waals surface area contributed by atoms with Crippen molar-refractivity contribution in [3.63, 3.8) is 0 Å². The van der Waals surface area contributed by atoms with Crippen molar-refractivity contribution in [1.82, 2.24) is 69.8 Å².